The zero-order chi connectivity index (χ0) is 13.7. The van der Waals surface area contributed by atoms with E-state index < -0.39 is 0 Å². The maximum atomic E-state index is 12.9. The van der Waals surface area contributed by atoms with E-state index in [1.165, 1.54) is 17.0 Å². The molecule has 1 N–H and O–H groups in total. The molecule has 0 radical (unpaired) electrons. The molecule has 0 unspecified atom stereocenters. The Morgan fingerprint density at radius 2 is 2.05 bits per heavy atom. The zero-order valence-electron chi connectivity index (χ0n) is 10.6. The molecule has 0 spiro atoms. The van der Waals surface area contributed by atoms with E-state index in [0.717, 1.165) is 18.0 Å². The van der Waals surface area contributed by atoms with Gasteiger partial charge in [0.15, 0.2) is 0 Å². The second-order valence-corrected chi connectivity index (χ2v) is 5.67. The van der Waals surface area contributed by atoms with E-state index in [9.17, 15) is 4.39 Å². The molecule has 0 saturated heterocycles. The molecule has 2 aromatic rings. The number of hydrogen-bond donors (Lipinski definition) is 1. The lowest BCUT2D eigenvalue weighted by Crippen LogP contribution is -2.10. The summed E-state index contributed by atoms with van der Waals surface area (Å²) in [5.41, 5.74) is 0. The summed E-state index contributed by atoms with van der Waals surface area (Å²) in [4.78, 5) is 2.39. The van der Waals surface area contributed by atoms with Crippen LogP contribution in [0.4, 0.5) is 4.39 Å². The van der Waals surface area contributed by atoms with Crippen LogP contribution >= 0.6 is 22.9 Å². The monoisotopic (exact) mass is 299 g/mol. The van der Waals surface area contributed by atoms with Gasteiger partial charge in [0.2, 0.25) is 0 Å². The minimum Gasteiger partial charge on any atom is -0.487 e. The Kier molecular flexibility index (Phi) is 5.19. The number of ether oxygens (including phenoxy) is 1. The van der Waals surface area contributed by atoms with Crippen molar-refractivity contribution in [1.29, 1.82) is 0 Å². The molecule has 1 aromatic carbocycles. The van der Waals surface area contributed by atoms with Gasteiger partial charge in [-0.2, -0.15) is 0 Å². The minimum atomic E-state index is -0.360. The third-order valence-electron chi connectivity index (χ3n) is 2.53. The van der Waals surface area contributed by atoms with E-state index in [2.05, 4.69) is 18.3 Å². The summed E-state index contributed by atoms with van der Waals surface area (Å²) in [5, 5.41) is 3.57. The van der Waals surface area contributed by atoms with Gasteiger partial charge in [0.1, 0.15) is 18.2 Å². The Hall–Kier alpha value is -1.10. The van der Waals surface area contributed by atoms with Crippen molar-refractivity contribution >= 4 is 22.9 Å². The summed E-state index contributed by atoms with van der Waals surface area (Å²) in [7, 11) is 0. The molecule has 5 heteroatoms. The van der Waals surface area contributed by atoms with Crippen LogP contribution in [0.5, 0.6) is 5.75 Å². The Bertz CT molecular complexity index is 544. The summed E-state index contributed by atoms with van der Waals surface area (Å²) >= 11 is 7.59. The second-order valence-electron chi connectivity index (χ2n) is 4.01. The van der Waals surface area contributed by atoms with Crippen LogP contribution < -0.4 is 10.1 Å². The standard InChI is InChI=1S/C14H15ClFNOS/c1-2-17-8-11-4-5-12(19-11)9-18-14-6-3-10(16)7-13(14)15/h3-7,17H,2,8-9H2,1H3. The van der Waals surface area contributed by atoms with Crippen molar-refractivity contribution in [3.63, 3.8) is 0 Å². The highest BCUT2D eigenvalue weighted by atomic mass is 35.5. The van der Waals surface area contributed by atoms with Crippen molar-refractivity contribution in [3.05, 3.63) is 50.9 Å². The third-order valence-corrected chi connectivity index (χ3v) is 3.88. The van der Waals surface area contributed by atoms with Gasteiger partial charge in [-0.15, -0.1) is 11.3 Å². The van der Waals surface area contributed by atoms with Crippen LogP contribution in [0.1, 0.15) is 16.7 Å². The van der Waals surface area contributed by atoms with Gasteiger partial charge < -0.3 is 10.1 Å². The summed E-state index contributed by atoms with van der Waals surface area (Å²) in [5.74, 6) is 0.145. The van der Waals surface area contributed by atoms with Gasteiger partial charge in [-0.05, 0) is 36.9 Å². The molecule has 0 aliphatic heterocycles. The lowest BCUT2D eigenvalue weighted by Gasteiger charge is -2.06. The molecule has 102 valence electrons. The van der Waals surface area contributed by atoms with Gasteiger partial charge in [0.05, 0.1) is 5.02 Å². The molecule has 2 rings (SSSR count). The lowest BCUT2D eigenvalue weighted by molar-refractivity contribution is 0.309. The van der Waals surface area contributed by atoms with Crippen molar-refractivity contribution < 1.29 is 9.13 Å². The molecule has 0 aliphatic rings. The van der Waals surface area contributed by atoms with Crippen LogP contribution in [0.2, 0.25) is 5.02 Å². The Morgan fingerprint density at radius 1 is 1.26 bits per heavy atom. The summed E-state index contributed by atoms with van der Waals surface area (Å²) in [6, 6.07) is 8.26. The van der Waals surface area contributed by atoms with Crippen LogP contribution in [0.15, 0.2) is 30.3 Å². The highest BCUT2D eigenvalue weighted by Crippen LogP contribution is 2.26. The number of halogens is 2. The predicted octanol–water partition coefficient (Wildman–Crippen LogP) is 4.23. The molecule has 0 aliphatic carbocycles. The van der Waals surface area contributed by atoms with Crippen LogP contribution in [-0.2, 0) is 13.2 Å². The molecule has 0 saturated carbocycles. The fourth-order valence-electron chi connectivity index (χ4n) is 1.58. The van der Waals surface area contributed by atoms with Crippen molar-refractivity contribution in [1.82, 2.24) is 5.32 Å². The topological polar surface area (TPSA) is 21.3 Å². The highest BCUT2D eigenvalue weighted by molar-refractivity contribution is 7.11. The summed E-state index contributed by atoms with van der Waals surface area (Å²) in [6.45, 7) is 4.35. The van der Waals surface area contributed by atoms with Crippen molar-refractivity contribution in [2.75, 3.05) is 6.54 Å². The zero-order valence-corrected chi connectivity index (χ0v) is 12.2. The smallest absolute Gasteiger partial charge is 0.138 e. The molecule has 0 atom stereocenters. The number of thiophene rings is 1. The molecule has 2 nitrogen and oxygen atoms in total. The Labute approximate surface area is 121 Å². The first-order chi connectivity index (χ1) is 9.19. The fraction of sp³-hybridized carbons (Fsp3) is 0.286. The number of hydrogen-bond acceptors (Lipinski definition) is 3. The molecular formula is C14H15ClFNOS. The number of benzene rings is 1. The molecular weight excluding hydrogens is 285 g/mol. The van der Waals surface area contributed by atoms with Crippen LogP contribution in [-0.4, -0.2) is 6.54 Å². The largest absolute Gasteiger partial charge is 0.487 e. The van der Waals surface area contributed by atoms with Crippen molar-refractivity contribution in [3.8, 4) is 5.75 Å². The molecule has 1 aromatic heterocycles. The first kappa shape index (κ1) is 14.3. The lowest BCUT2D eigenvalue weighted by atomic mass is 10.3. The van der Waals surface area contributed by atoms with Crippen LogP contribution in [0.25, 0.3) is 0 Å². The van der Waals surface area contributed by atoms with Crippen molar-refractivity contribution in [2.24, 2.45) is 0 Å². The molecule has 19 heavy (non-hydrogen) atoms. The normalized spacial score (nSPS) is 10.7. The SMILES string of the molecule is CCNCc1ccc(COc2ccc(F)cc2Cl)s1. The predicted molar refractivity (Wildman–Crippen MR) is 77.4 cm³/mol. The fourth-order valence-corrected chi connectivity index (χ4v) is 2.71. The van der Waals surface area contributed by atoms with E-state index in [-0.39, 0.29) is 5.82 Å². The van der Waals surface area contributed by atoms with E-state index in [1.54, 1.807) is 17.4 Å². The number of nitrogens with one attached hydrogen (secondary N) is 1. The molecule has 0 bridgehead atoms. The number of rotatable bonds is 6. The average Bonchev–Trinajstić information content (AvgIpc) is 2.83. The van der Waals surface area contributed by atoms with Gasteiger partial charge in [-0.3, -0.25) is 0 Å². The van der Waals surface area contributed by atoms with Crippen LogP contribution in [0.3, 0.4) is 0 Å². The minimum absolute atomic E-state index is 0.296. The molecule has 1 heterocycles. The molecule has 0 fully saturated rings. The highest BCUT2D eigenvalue weighted by Gasteiger charge is 2.05. The first-order valence-electron chi connectivity index (χ1n) is 6.05. The van der Waals surface area contributed by atoms with E-state index in [0.29, 0.717) is 17.4 Å². The maximum Gasteiger partial charge on any atom is 0.138 e. The van der Waals surface area contributed by atoms with Gasteiger partial charge in [0.25, 0.3) is 0 Å². The van der Waals surface area contributed by atoms with E-state index in [1.807, 2.05) is 6.07 Å². The first-order valence-corrected chi connectivity index (χ1v) is 7.24. The quantitative estimate of drug-likeness (QED) is 0.862. The van der Waals surface area contributed by atoms with Gasteiger partial charge in [0, 0.05) is 16.3 Å². The van der Waals surface area contributed by atoms with Crippen molar-refractivity contribution in [2.45, 2.75) is 20.1 Å². The van der Waals surface area contributed by atoms with Crippen LogP contribution in [0, 0.1) is 5.82 Å². The summed E-state index contributed by atoms with van der Waals surface area (Å²) < 4.78 is 18.5. The van der Waals surface area contributed by atoms with E-state index in [4.69, 9.17) is 16.3 Å². The summed E-state index contributed by atoms with van der Waals surface area (Å²) in [6.07, 6.45) is 0. The van der Waals surface area contributed by atoms with Gasteiger partial charge >= 0.3 is 0 Å². The Morgan fingerprint density at radius 3 is 2.79 bits per heavy atom. The third kappa shape index (κ3) is 4.20. The van der Waals surface area contributed by atoms with Gasteiger partial charge in [-0.25, -0.2) is 4.39 Å². The Balaban J connectivity index is 1.92. The maximum absolute atomic E-state index is 12.9. The average molecular weight is 300 g/mol. The van der Waals surface area contributed by atoms with E-state index >= 15 is 0 Å². The second kappa shape index (κ2) is 6.89. The van der Waals surface area contributed by atoms with Gasteiger partial charge in [-0.1, -0.05) is 18.5 Å². The molecule has 0 amide bonds.